The highest BCUT2D eigenvalue weighted by Gasteiger charge is 2.09. The lowest BCUT2D eigenvalue weighted by atomic mass is 10.2. The molecule has 1 aromatic rings. The molecule has 0 bridgehead atoms. The van der Waals surface area contributed by atoms with Crippen LogP contribution in [0, 0.1) is 0 Å². The Labute approximate surface area is 101 Å². The average Bonchev–Trinajstić information content (AvgIpc) is 2.15. The predicted octanol–water partition coefficient (Wildman–Crippen LogP) is 1.48. The van der Waals surface area contributed by atoms with Gasteiger partial charge in [-0.1, -0.05) is 17.3 Å². The van der Waals surface area contributed by atoms with Crippen molar-refractivity contribution in [3.05, 3.63) is 29.8 Å². The number of hydrogen-bond donors (Lipinski definition) is 1. The number of nitrogens with two attached hydrogens (primary N) is 1. The first-order valence-electron chi connectivity index (χ1n) is 5.03. The first kappa shape index (κ1) is 13.7. The summed E-state index contributed by atoms with van der Waals surface area (Å²) in [4.78, 5) is 5.23. The number of nitrogens with zero attached hydrogens (tertiary/aromatic N) is 1. The lowest BCUT2D eigenvalue weighted by molar-refractivity contribution is 0.00199. The van der Waals surface area contributed by atoms with E-state index in [4.69, 9.17) is 9.98 Å². The molecule has 94 valence electrons. The first-order chi connectivity index (χ1) is 7.68. The predicted molar refractivity (Wildman–Crippen MR) is 66.2 cm³/mol. The van der Waals surface area contributed by atoms with Crippen LogP contribution in [0.15, 0.2) is 34.3 Å². The van der Waals surface area contributed by atoms with E-state index in [1.165, 1.54) is 18.3 Å². The van der Waals surface area contributed by atoms with Crippen LogP contribution in [-0.2, 0) is 14.9 Å². The summed E-state index contributed by atoms with van der Waals surface area (Å²) in [5.41, 5.74) is 0.387. The second-order valence-corrected chi connectivity index (χ2v) is 6.11. The molecule has 0 amide bonds. The van der Waals surface area contributed by atoms with Crippen LogP contribution in [0.3, 0.4) is 0 Å². The van der Waals surface area contributed by atoms with Gasteiger partial charge in [-0.15, -0.1) is 0 Å². The van der Waals surface area contributed by atoms with E-state index >= 15 is 0 Å². The Bertz CT molecular complexity index is 499. The quantitative estimate of drug-likeness (QED) is 0.657. The average molecular weight is 256 g/mol. The summed E-state index contributed by atoms with van der Waals surface area (Å²) >= 11 is 0. The SMILES string of the molecule is CC(C)(C)ON=Cc1ccc(S(N)(=O)=O)cc1. The van der Waals surface area contributed by atoms with Gasteiger partial charge in [0.1, 0.15) is 5.60 Å². The lowest BCUT2D eigenvalue weighted by Crippen LogP contribution is -2.15. The van der Waals surface area contributed by atoms with Crippen molar-refractivity contribution >= 4 is 16.2 Å². The highest BCUT2D eigenvalue weighted by molar-refractivity contribution is 7.89. The molecule has 0 unspecified atom stereocenters. The zero-order valence-electron chi connectivity index (χ0n) is 10.0. The fourth-order valence-electron chi connectivity index (χ4n) is 0.989. The highest BCUT2D eigenvalue weighted by Crippen LogP contribution is 2.09. The van der Waals surface area contributed by atoms with Crippen LogP contribution in [0.4, 0.5) is 0 Å². The molecule has 0 aliphatic carbocycles. The molecule has 0 radical (unpaired) electrons. The van der Waals surface area contributed by atoms with Gasteiger partial charge in [-0.3, -0.25) is 0 Å². The van der Waals surface area contributed by atoms with Crippen molar-refractivity contribution in [1.82, 2.24) is 0 Å². The second-order valence-electron chi connectivity index (χ2n) is 4.55. The van der Waals surface area contributed by atoms with Crippen molar-refractivity contribution in [3.63, 3.8) is 0 Å². The van der Waals surface area contributed by atoms with Gasteiger partial charge in [0.15, 0.2) is 0 Å². The summed E-state index contributed by atoms with van der Waals surface area (Å²) in [5, 5.41) is 8.78. The van der Waals surface area contributed by atoms with Crippen LogP contribution in [0.25, 0.3) is 0 Å². The van der Waals surface area contributed by atoms with Gasteiger partial charge in [-0.25, -0.2) is 13.6 Å². The molecule has 0 heterocycles. The first-order valence-corrected chi connectivity index (χ1v) is 6.57. The van der Waals surface area contributed by atoms with Crippen LogP contribution >= 0.6 is 0 Å². The lowest BCUT2D eigenvalue weighted by Gasteiger charge is -2.14. The normalized spacial score (nSPS) is 12.9. The fraction of sp³-hybridized carbons (Fsp3) is 0.364. The Hall–Kier alpha value is -1.40. The molecule has 1 rings (SSSR count). The number of rotatable bonds is 3. The summed E-state index contributed by atoms with van der Waals surface area (Å²) in [5.74, 6) is 0. The zero-order valence-corrected chi connectivity index (χ0v) is 10.9. The Balaban J connectivity index is 2.76. The maximum absolute atomic E-state index is 11.0. The van der Waals surface area contributed by atoms with E-state index in [0.717, 1.165) is 5.56 Å². The fourth-order valence-corrected chi connectivity index (χ4v) is 1.50. The third-order valence-corrected chi connectivity index (χ3v) is 2.67. The second kappa shape index (κ2) is 4.85. The van der Waals surface area contributed by atoms with Crippen molar-refractivity contribution in [3.8, 4) is 0 Å². The Morgan fingerprint density at radius 3 is 2.18 bits per heavy atom. The molecule has 6 heteroatoms. The Morgan fingerprint density at radius 2 is 1.76 bits per heavy atom. The van der Waals surface area contributed by atoms with E-state index in [0.29, 0.717) is 0 Å². The van der Waals surface area contributed by atoms with Gasteiger partial charge in [0.25, 0.3) is 0 Å². The molecular weight excluding hydrogens is 240 g/mol. The van der Waals surface area contributed by atoms with Gasteiger partial charge < -0.3 is 4.84 Å². The van der Waals surface area contributed by atoms with Crippen LogP contribution in [-0.4, -0.2) is 20.2 Å². The van der Waals surface area contributed by atoms with Gasteiger partial charge >= 0.3 is 0 Å². The third-order valence-electron chi connectivity index (χ3n) is 1.74. The highest BCUT2D eigenvalue weighted by atomic mass is 32.2. The van der Waals surface area contributed by atoms with Gasteiger partial charge in [0, 0.05) is 0 Å². The van der Waals surface area contributed by atoms with Gasteiger partial charge in [0.05, 0.1) is 11.1 Å². The van der Waals surface area contributed by atoms with Gasteiger partial charge in [-0.05, 0) is 38.5 Å². The smallest absolute Gasteiger partial charge is 0.238 e. The summed E-state index contributed by atoms with van der Waals surface area (Å²) in [6.45, 7) is 5.65. The molecule has 0 aliphatic rings. The number of primary sulfonamides is 1. The van der Waals surface area contributed by atoms with Crippen molar-refractivity contribution in [2.45, 2.75) is 31.3 Å². The minimum Gasteiger partial charge on any atom is -0.390 e. The molecular formula is C11H16N2O3S. The molecule has 0 saturated heterocycles. The maximum atomic E-state index is 11.0. The van der Waals surface area contributed by atoms with E-state index in [9.17, 15) is 8.42 Å². The summed E-state index contributed by atoms with van der Waals surface area (Å²) < 4.78 is 22.0. The topological polar surface area (TPSA) is 81.8 Å². The van der Waals surface area contributed by atoms with E-state index in [2.05, 4.69) is 5.16 Å². The zero-order chi connectivity index (χ0) is 13.1. The third kappa shape index (κ3) is 4.97. The minimum absolute atomic E-state index is 0.0754. The monoisotopic (exact) mass is 256 g/mol. The Kier molecular flexibility index (Phi) is 3.90. The molecule has 0 atom stereocenters. The number of oxime groups is 1. The number of sulfonamides is 1. The molecule has 0 fully saturated rings. The molecule has 0 aliphatic heterocycles. The van der Waals surface area contributed by atoms with Gasteiger partial charge in [-0.2, -0.15) is 0 Å². The molecule has 0 aromatic heterocycles. The van der Waals surface area contributed by atoms with Crippen molar-refractivity contribution in [1.29, 1.82) is 0 Å². The molecule has 1 aromatic carbocycles. The Morgan fingerprint density at radius 1 is 1.24 bits per heavy atom. The van der Waals surface area contributed by atoms with Crippen molar-refractivity contribution in [2.24, 2.45) is 10.3 Å². The molecule has 2 N–H and O–H groups in total. The molecule has 0 saturated carbocycles. The van der Waals surface area contributed by atoms with Crippen LogP contribution < -0.4 is 5.14 Å². The standard InChI is InChI=1S/C11H16N2O3S/c1-11(2,3)16-13-8-9-4-6-10(7-5-9)17(12,14)15/h4-8H,1-3H3,(H2,12,14,15). The molecule has 0 spiro atoms. The maximum Gasteiger partial charge on any atom is 0.238 e. The summed E-state index contributed by atoms with van der Waals surface area (Å²) in [6, 6.07) is 6.06. The molecule has 5 nitrogen and oxygen atoms in total. The van der Waals surface area contributed by atoms with Crippen molar-refractivity contribution in [2.75, 3.05) is 0 Å². The number of benzene rings is 1. The minimum atomic E-state index is -3.64. The number of hydrogen-bond acceptors (Lipinski definition) is 4. The van der Waals surface area contributed by atoms with E-state index < -0.39 is 10.0 Å². The van der Waals surface area contributed by atoms with Crippen LogP contribution in [0.1, 0.15) is 26.3 Å². The molecule has 17 heavy (non-hydrogen) atoms. The van der Waals surface area contributed by atoms with Gasteiger partial charge in [0.2, 0.25) is 10.0 Å². The van der Waals surface area contributed by atoms with E-state index in [1.807, 2.05) is 20.8 Å². The summed E-state index contributed by atoms with van der Waals surface area (Å²) in [7, 11) is -3.64. The van der Waals surface area contributed by atoms with Crippen LogP contribution in [0.2, 0.25) is 0 Å². The van der Waals surface area contributed by atoms with Crippen LogP contribution in [0.5, 0.6) is 0 Å². The van der Waals surface area contributed by atoms with Crippen molar-refractivity contribution < 1.29 is 13.3 Å². The largest absolute Gasteiger partial charge is 0.390 e. The van der Waals surface area contributed by atoms with E-state index in [1.54, 1.807) is 12.1 Å². The summed E-state index contributed by atoms with van der Waals surface area (Å²) in [6.07, 6.45) is 1.51. The van der Waals surface area contributed by atoms with E-state index in [-0.39, 0.29) is 10.5 Å².